The van der Waals surface area contributed by atoms with Gasteiger partial charge in [-0.05, 0) is 63.8 Å². The maximum absolute atomic E-state index is 4.83. The first kappa shape index (κ1) is 22.9. The minimum Gasteiger partial charge on any atom is -0.377 e. The second-order valence-corrected chi connectivity index (χ2v) is 6.73. The molecular formula is C24H32N4. The van der Waals surface area contributed by atoms with Crippen molar-refractivity contribution in [3.8, 4) is 0 Å². The Bertz CT molecular complexity index is 865. The molecule has 0 aliphatic carbocycles. The molecule has 1 aromatic rings. The molecule has 1 rings (SSSR count). The van der Waals surface area contributed by atoms with Gasteiger partial charge in [0, 0.05) is 36.7 Å². The van der Waals surface area contributed by atoms with Crippen molar-refractivity contribution in [2.45, 2.75) is 27.7 Å². The minimum absolute atomic E-state index is 0.721. The number of aliphatic imine (C=N–C) groups is 2. The third-order valence-corrected chi connectivity index (χ3v) is 4.08. The second kappa shape index (κ2) is 10.9. The van der Waals surface area contributed by atoms with Crippen LogP contribution < -0.4 is 10.2 Å². The molecule has 1 aromatic carbocycles. The van der Waals surface area contributed by atoms with Gasteiger partial charge in [0.2, 0.25) is 0 Å². The monoisotopic (exact) mass is 376 g/mol. The molecule has 0 atom stereocenters. The molecule has 0 aromatic heterocycles. The summed E-state index contributed by atoms with van der Waals surface area (Å²) in [4.78, 5) is 10.8. The van der Waals surface area contributed by atoms with Crippen LogP contribution >= 0.6 is 0 Å². The zero-order valence-corrected chi connectivity index (χ0v) is 18.0. The largest absolute Gasteiger partial charge is 0.377 e. The van der Waals surface area contributed by atoms with Crippen molar-refractivity contribution in [3.63, 3.8) is 0 Å². The Kier molecular flexibility index (Phi) is 8.89. The predicted octanol–water partition coefficient (Wildman–Crippen LogP) is 5.83. The molecule has 4 nitrogen and oxygen atoms in total. The van der Waals surface area contributed by atoms with Gasteiger partial charge in [-0.1, -0.05) is 37.4 Å². The van der Waals surface area contributed by atoms with Crippen LogP contribution in [0.3, 0.4) is 0 Å². The average Bonchev–Trinajstić information content (AvgIpc) is 2.68. The number of allylic oxidation sites excluding steroid dienone is 5. The quantitative estimate of drug-likeness (QED) is 0.352. The average molecular weight is 377 g/mol. The van der Waals surface area contributed by atoms with Crippen LogP contribution in [0.1, 0.15) is 38.8 Å². The molecule has 0 amide bonds. The van der Waals surface area contributed by atoms with Crippen molar-refractivity contribution in [3.05, 3.63) is 77.7 Å². The summed E-state index contributed by atoms with van der Waals surface area (Å²) in [6.45, 7) is 19.3. The summed E-state index contributed by atoms with van der Waals surface area (Å²) < 4.78 is 0. The lowest BCUT2D eigenvalue weighted by Gasteiger charge is -2.18. The highest BCUT2D eigenvalue weighted by atomic mass is 15.1. The van der Waals surface area contributed by atoms with E-state index >= 15 is 0 Å². The number of amidine groups is 1. The van der Waals surface area contributed by atoms with Crippen LogP contribution in [-0.4, -0.2) is 26.6 Å². The molecule has 0 aliphatic rings. The maximum Gasteiger partial charge on any atom is 0.133 e. The minimum atomic E-state index is 0.721. The highest BCUT2D eigenvalue weighted by molar-refractivity contribution is 6.01. The number of nitrogens with zero attached hydrogens (tertiary/aromatic N) is 3. The van der Waals surface area contributed by atoms with Crippen LogP contribution in [0.4, 0.5) is 5.69 Å². The molecular weight excluding hydrogens is 344 g/mol. The van der Waals surface area contributed by atoms with Gasteiger partial charge < -0.3 is 10.2 Å². The van der Waals surface area contributed by atoms with E-state index in [1.807, 2.05) is 66.1 Å². The lowest BCUT2D eigenvalue weighted by molar-refractivity contribution is 1.10. The van der Waals surface area contributed by atoms with E-state index in [-0.39, 0.29) is 0 Å². The second-order valence-electron chi connectivity index (χ2n) is 6.73. The van der Waals surface area contributed by atoms with Gasteiger partial charge >= 0.3 is 0 Å². The Morgan fingerprint density at radius 2 is 1.82 bits per heavy atom. The molecule has 148 valence electrons. The first-order chi connectivity index (χ1) is 13.2. The Hall–Kier alpha value is -3.14. The Morgan fingerprint density at radius 1 is 1.14 bits per heavy atom. The van der Waals surface area contributed by atoms with E-state index in [0.29, 0.717) is 0 Å². The van der Waals surface area contributed by atoms with Gasteiger partial charge in [0.05, 0.1) is 5.70 Å². The summed E-state index contributed by atoms with van der Waals surface area (Å²) in [6, 6.07) is 6.24. The number of rotatable bonds is 8. The standard InChI is InChI=1S/C24H32N4/c1-10-20-14-15-21(16-23(20)28(8)9)22(11-2)27-24(17(3)4)26-19(6)13-12-18(5)25-7/h10-16H,1,3,7H2,2,4-6,8-9H3,(H,26,27)/b18-12-,19-13+,22-11-. The van der Waals surface area contributed by atoms with E-state index in [4.69, 9.17) is 4.99 Å². The van der Waals surface area contributed by atoms with Crippen LogP contribution in [0.25, 0.3) is 11.8 Å². The molecule has 0 heterocycles. The molecule has 0 saturated heterocycles. The third kappa shape index (κ3) is 6.54. The van der Waals surface area contributed by atoms with Crippen molar-refractivity contribution in [1.82, 2.24) is 5.32 Å². The number of nitrogens with one attached hydrogen (secondary N) is 1. The molecule has 0 saturated carbocycles. The molecule has 0 unspecified atom stereocenters. The number of anilines is 1. The summed E-state index contributed by atoms with van der Waals surface area (Å²) in [6.07, 6.45) is 7.71. The third-order valence-electron chi connectivity index (χ3n) is 4.08. The van der Waals surface area contributed by atoms with Crippen molar-refractivity contribution in [2.24, 2.45) is 9.98 Å². The summed E-state index contributed by atoms with van der Waals surface area (Å²) in [5.74, 6) is 0.721. The van der Waals surface area contributed by atoms with Crippen molar-refractivity contribution < 1.29 is 0 Å². The summed E-state index contributed by atoms with van der Waals surface area (Å²) >= 11 is 0. The molecule has 4 heteroatoms. The van der Waals surface area contributed by atoms with Crippen LogP contribution in [-0.2, 0) is 0 Å². The zero-order valence-electron chi connectivity index (χ0n) is 18.0. The fourth-order valence-corrected chi connectivity index (χ4v) is 2.44. The first-order valence-corrected chi connectivity index (χ1v) is 9.17. The van der Waals surface area contributed by atoms with Crippen molar-refractivity contribution in [2.75, 3.05) is 19.0 Å². The highest BCUT2D eigenvalue weighted by Gasteiger charge is 2.09. The van der Waals surface area contributed by atoms with Gasteiger partial charge in [-0.2, -0.15) is 0 Å². The van der Waals surface area contributed by atoms with Gasteiger partial charge in [0.25, 0.3) is 0 Å². The van der Waals surface area contributed by atoms with E-state index < -0.39 is 0 Å². The fraction of sp³-hybridized carbons (Fsp3) is 0.250. The zero-order chi connectivity index (χ0) is 21.3. The molecule has 0 spiro atoms. The van der Waals surface area contributed by atoms with Crippen LogP contribution in [0.15, 0.2) is 76.5 Å². The lowest BCUT2D eigenvalue weighted by atomic mass is 10.1. The van der Waals surface area contributed by atoms with Gasteiger partial charge in [-0.3, -0.25) is 4.99 Å². The van der Waals surface area contributed by atoms with Gasteiger partial charge in [-0.15, -0.1) is 0 Å². The topological polar surface area (TPSA) is 40.0 Å². The van der Waals surface area contributed by atoms with Crippen molar-refractivity contribution >= 4 is 30.0 Å². The van der Waals surface area contributed by atoms with Crippen molar-refractivity contribution in [1.29, 1.82) is 0 Å². The molecule has 1 N–H and O–H groups in total. The Morgan fingerprint density at radius 3 is 2.32 bits per heavy atom. The van der Waals surface area contributed by atoms with E-state index in [2.05, 4.69) is 53.3 Å². The normalized spacial score (nSPS) is 13.2. The highest BCUT2D eigenvalue weighted by Crippen LogP contribution is 2.26. The molecule has 0 aliphatic heterocycles. The smallest absolute Gasteiger partial charge is 0.133 e. The summed E-state index contributed by atoms with van der Waals surface area (Å²) in [5.41, 5.74) is 6.73. The van der Waals surface area contributed by atoms with Gasteiger partial charge in [0.1, 0.15) is 5.84 Å². The predicted molar refractivity (Wildman–Crippen MR) is 127 cm³/mol. The van der Waals surface area contributed by atoms with E-state index in [1.54, 1.807) is 0 Å². The SMILES string of the molecule is C=Cc1ccc(/C(=C/C)N=C(N/C(C)=C/C=C(/C)N=C)C(=C)C)cc1N(C)C. The van der Waals surface area contributed by atoms with Gasteiger partial charge in [0.15, 0.2) is 0 Å². The first-order valence-electron chi connectivity index (χ1n) is 9.17. The van der Waals surface area contributed by atoms with E-state index in [0.717, 1.165) is 45.3 Å². The lowest BCUT2D eigenvalue weighted by Crippen LogP contribution is -2.22. The number of hydrogen-bond acceptors (Lipinski definition) is 3. The van der Waals surface area contributed by atoms with E-state index in [1.165, 1.54) is 0 Å². The summed E-state index contributed by atoms with van der Waals surface area (Å²) in [5, 5.41) is 3.33. The maximum atomic E-state index is 4.83. The van der Waals surface area contributed by atoms with Crippen LogP contribution in [0.2, 0.25) is 0 Å². The Balaban J connectivity index is 3.30. The van der Waals surface area contributed by atoms with Crippen LogP contribution in [0, 0.1) is 0 Å². The Labute approximate surface area is 170 Å². The van der Waals surface area contributed by atoms with E-state index in [9.17, 15) is 0 Å². The number of benzene rings is 1. The molecule has 0 bridgehead atoms. The molecule has 0 fully saturated rings. The number of hydrogen-bond donors (Lipinski definition) is 1. The molecule has 28 heavy (non-hydrogen) atoms. The van der Waals surface area contributed by atoms with Crippen LogP contribution in [0.5, 0.6) is 0 Å². The fourth-order valence-electron chi connectivity index (χ4n) is 2.44. The summed E-state index contributed by atoms with van der Waals surface area (Å²) in [7, 11) is 4.04. The van der Waals surface area contributed by atoms with Gasteiger partial charge in [-0.25, -0.2) is 4.99 Å². The molecule has 0 radical (unpaired) electrons.